The minimum atomic E-state index is -4.47. The molecule has 2 saturated carbocycles. The van der Waals surface area contributed by atoms with Gasteiger partial charge in [0.2, 0.25) is 0 Å². The summed E-state index contributed by atoms with van der Waals surface area (Å²) < 4.78 is 39.6. The van der Waals surface area contributed by atoms with E-state index in [1.54, 1.807) is 0 Å². The molecule has 0 saturated heterocycles. The molecule has 192 valence electrons. The van der Waals surface area contributed by atoms with Crippen LogP contribution in [0.5, 0.6) is 0 Å². The van der Waals surface area contributed by atoms with Crippen molar-refractivity contribution in [1.29, 1.82) is 0 Å². The molecule has 0 bridgehead atoms. The van der Waals surface area contributed by atoms with Crippen LogP contribution in [0.1, 0.15) is 102 Å². The number of pyridine rings is 1. The summed E-state index contributed by atoms with van der Waals surface area (Å²) in [4.78, 5) is 19.3. The van der Waals surface area contributed by atoms with Gasteiger partial charge in [0.15, 0.2) is 5.78 Å². The highest BCUT2D eigenvalue weighted by Gasteiger charge is 2.46. The number of ketones is 1. The van der Waals surface area contributed by atoms with Gasteiger partial charge in [-0.05, 0) is 61.6 Å². The van der Waals surface area contributed by atoms with Crippen LogP contribution in [0.3, 0.4) is 0 Å². The molecule has 3 aromatic rings. The van der Waals surface area contributed by atoms with E-state index < -0.39 is 17.8 Å². The molecule has 3 aliphatic carbocycles. The number of fused-ring (bicyclic) bond motifs is 1. The molecule has 1 atom stereocenters. The molecule has 1 spiro atoms. The summed E-state index contributed by atoms with van der Waals surface area (Å²) in [5.74, 6) is -0.210. The third-order valence-electron chi connectivity index (χ3n) is 8.76. The van der Waals surface area contributed by atoms with Crippen LogP contribution in [-0.4, -0.2) is 15.9 Å². The van der Waals surface area contributed by atoms with Crippen LogP contribution in [0.25, 0.3) is 11.1 Å². The predicted octanol–water partition coefficient (Wildman–Crippen LogP) is 7.81. The predicted molar refractivity (Wildman–Crippen MR) is 135 cm³/mol. The number of nitrogens with zero attached hydrogens (tertiary/aromatic N) is 1. The molecule has 2 fully saturated rings. The second-order valence-electron chi connectivity index (χ2n) is 11.1. The Morgan fingerprint density at radius 3 is 2.22 bits per heavy atom. The van der Waals surface area contributed by atoms with Crippen molar-refractivity contribution in [1.82, 2.24) is 4.98 Å². The molecule has 0 radical (unpaired) electrons. The number of alkyl halides is 3. The fraction of sp³-hybridized carbons (Fsp3) is 0.419. The van der Waals surface area contributed by atoms with Crippen LogP contribution < -0.4 is 0 Å². The number of carbonyl (C=O) groups excluding carboxylic acids is 1. The van der Waals surface area contributed by atoms with Gasteiger partial charge in [0.25, 0.3) is 0 Å². The van der Waals surface area contributed by atoms with E-state index in [1.807, 2.05) is 30.3 Å². The Kier molecular flexibility index (Phi) is 5.98. The van der Waals surface area contributed by atoms with Crippen LogP contribution in [0.4, 0.5) is 13.2 Å². The standard InChI is InChI=1S/C31H30F3NO2/c32-31(33,34)22-13-11-21(12-14-22)29(37)27-25(19-7-2-1-3-8-19)26-23(35-28(27)20-9-4-5-10-20)17-30(15-6-16-30)18-24(26)36/h1-3,7-8,11-14,20,24,36H,4-6,9-10,15-18H2/t24-/m0/s1. The van der Waals surface area contributed by atoms with Crippen LogP contribution in [0, 0.1) is 5.41 Å². The van der Waals surface area contributed by atoms with Crippen LogP contribution >= 0.6 is 0 Å². The molecule has 6 rings (SSSR count). The second-order valence-corrected chi connectivity index (χ2v) is 11.1. The Balaban J connectivity index is 1.58. The van der Waals surface area contributed by atoms with Gasteiger partial charge in [0.1, 0.15) is 0 Å². The molecule has 0 amide bonds. The topological polar surface area (TPSA) is 50.2 Å². The molecule has 1 heterocycles. The summed E-state index contributed by atoms with van der Waals surface area (Å²) in [5.41, 5.74) is 3.85. The van der Waals surface area contributed by atoms with E-state index in [1.165, 1.54) is 12.1 Å². The van der Waals surface area contributed by atoms with Gasteiger partial charge in [-0.1, -0.05) is 61.7 Å². The van der Waals surface area contributed by atoms with E-state index in [-0.39, 0.29) is 22.7 Å². The lowest BCUT2D eigenvalue weighted by Crippen LogP contribution is -2.38. The minimum absolute atomic E-state index is 0.0826. The molecule has 3 nitrogen and oxygen atoms in total. The van der Waals surface area contributed by atoms with Crippen molar-refractivity contribution in [2.45, 2.75) is 76.0 Å². The first-order valence-electron chi connectivity index (χ1n) is 13.3. The van der Waals surface area contributed by atoms with Gasteiger partial charge >= 0.3 is 6.18 Å². The van der Waals surface area contributed by atoms with Gasteiger partial charge in [-0.2, -0.15) is 13.2 Å². The first kappa shape index (κ1) is 24.4. The molecule has 1 N–H and O–H groups in total. The fourth-order valence-electron chi connectivity index (χ4n) is 6.74. The Bertz CT molecular complexity index is 1320. The molecular formula is C31H30F3NO2. The van der Waals surface area contributed by atoms with E-state index in [4.69, 9.17) is 4.98 Å². The van der Waals surface area contributed by atoms with E-state index in [0.717, 1.165) is 86.0 Å². The SMILES string of the molecule is O=C(c1ccc(C(F)(F)F)cc1)c1c(C2CCCC2)nc2c(c1-c1ccccc1)[C@@H](O)CC1(CCC1)C2. The summed E-state index contributed by atoms with van der Waals surface area (Å²) in [6, 6.07) is 14.1. The highest BCUT2D eigenvalue weighted by Crippen LogP contribution is 2.55. The molecule has 0 aliphatic heterocycles. The molecule has 0 unspecified atom stereocenters. The zero-order valence-electron chi connectivity index (χ0n) is 20.7. The van der Waals surface area contributed by atoms with Crippen LogP contribution in [0.15, 0.2) is 54.6 Å². The maximum Gasteiger partial charge on any atom is 0.416 e. The lowest BCUT2D eigenvalue weighted by Gasteiger charge is -2.47. The van der Waals surface area contributed by atoms with Gasteiger partial charge in [0.05, 0.1) is 22.9 Å². The number of hydrogen-bond donors (Lipinski definition) is 1. The molecule has 6 heteroatoms. The maximum atomic E-state index is 14.2. The first-order chi connectivity index (χ1) is 17.8. The third-order valence-corrected chi connectivity index (χ3v) is 8.76. The van der Waals surface area contributed by atoms with Crippen LogP contribution in [0.2, 0.25) is 0 Å². The molecular weight excluding hydrogens is 475 g/mol. The smallest absolute Gasteiger partial charge is 0.388 e. The first-order valence-corrected chi connectivity index (χ1v) is 13.3. The maximum absolute atomic E-state index is 14.2. The normalized spacial score (nSPS) is 21.0. The van der Waals surface area contributed by atoms with Crippen molar-refractivity contribution in [3.05, 3.63) is 88.2 Å². The number of halogens is 3. The van der Waals surface area contributed by atoms with E-state index in [9.17, 15) is 23.1 Å². The summed E-state index contributed by atoms with van der Waals surface area (Å²) >= 11 is 0. The van der Waals surface area contributed by atoms with Crippen molar-refractivity contribution in [2.24, 2.45) is 5.41 Å². The molecule has 37 heavy (non-hydrogen) atoms. The lowest BCUT2D eigenvalue weighted by molar-refractivity contribution is -0.137. The van der Waals surface area contributed by atoms with E-state index in [2.05, 4.69) is 0 Å². The van der Waals surface area contributed by atoms with E-state index in [0.29, 0.717) is 17.5 Å². The summed E-state index contributed by atoms with van der Waals surface area (Å²) in [7, 11) is 0. The van der Waals surface area contributed by atoms with Gasteiger partial charge in [-0.3, -0.25) is 9.78 Å². The van der Waals surface area contributed by atoms with Gasteiger partial charge < -0.3 is 5.11 Å². The number of aliphatic hydroxyl groups is 1. The Labute approximate surface area is 214 Å². The monoisotopic (exact) mass is 505 g/mol. The fourth-order valence-corrected chi connectivity index (χ4v) is 6.74. The zero-order valence-corrected chi connectivity index (χ0v) is 20.7. The third kappa shape index (κ3) is 4.29. The van der Waals surface area contributed by atoms with Crippen molar-refractivity contribution >= 4 is 5.78 Å². The number of benzene rings is 2. The zero-order chi connectivity index (χ0) is 25.8. The van der Waals surface area contributed by atoms with Crippen molar-refractivity contribution < 1.29 is 23.1 Å². The quantitative estimate of drug-likeness (QED) is 0.368. The van der Waals surface area contributed by atoms with Gasteiger partial charge in [-0.15, -0.1) is 0 Å². The summed E-state index contributed by atoms with van der Waals surface area (Å²) in [6.07, 6.45) is 3.55. The Morgan fingerprint density at radius 1 is 0.946 bits per heavy atom. The number of rotatable bonds is 4. The number of aromatic nitrogens is 1. The number of hydrogen-bond acceptors (Lipinski definition) is 3. The largest absolute Gasteiger partial charge is 0.416 e. The summed E-state index contributed by atoms with van der Waals surface area (Å²) in [5, 5.41) is 11.5. The van der Waals surface area contributed by atoms with Crippen molar-refractivity contribution in [3.8, 4) is 11.1 Å². The Hall–Kier alpha value is -2.99. The highest BCUT2D eigenvalue weighted by molar-refractivity contribution is 6.14. The molecule has 2 aromatic carbocycles. The highest BCUT2D eigenvalue weighted by atomic mass is 19.4. The lowest BCUT2D eigenvalue weighted by atomic mass is 9.59. The van der Waals surface area contributed by atoms with Gasteiger partial charge in [-0.25, -0.2) is 0 Å². The van der Waals surface area contributed by atoms with Crippen molar-refractivity contribution in [3.63, 3.8) is 0 Å². The van der Waals surface area contributed by atoms with Crippen LogP contribution in [-0.2, 0) is 12.6 Å². The molecule has 3 aliphatic rings. The number of aliphatic hydroxyl groups excluding tert-OH is 1. The Morgan fingerprint density at radius 2 is 1.62 bits per heavy atom. The summed E-state index contributed by atoms with van der Waals surface area (Å²) in [6.45, 7) is 0. The van der Waals surface area contributed by atoms with Crippen molar-refractivity contribution in [2.75, 3.05) is 0 Å². The van der Waals surface area contributed by atoms with Gasteiger partial charge in [0, 0.05) is 28.3 Å². The average Bonchev–Trinajstić information content (AvgIpc) is 3.41. The number of carbonyl (C=O) groups is 1. The average molecular weight is 506 g/mol. The molecule has 1 aromatic heterocycles. The second kappa shape index (κ2) is 9.09. The van der Waals surface area contributed by atoms with E-state index >= 15 is 0 Å². The minimum Gasteiger partial charge on any atom is -0.388 e.